The van der Waals surface area contributed by atoms with Crippen LogP contribution in [0.2, 0.25) is 0 Å². The van der Waals surface area contributed by atoms with Crippen molar-refractivity contribution < 1.29 is 35.9 Å². The maximum atomic E-state index is 13.2. The van der Waals surface area contributed by atoms with E-state index >= 15 is 0 Å². The predicted octanol–water partition coefficient (Wildman–Crippen LogP) is 2.78. The van der Waals surface area contributed by atoms with Crippen LogP contribution in [0.25, 0.3) is 0 Å². The Morgan fingerprint density at radius 2 is 1.54 bits per heavy atom. The number of ketones is 1. The first-order valence-electron chi connectivity index (χ1n) is 10.4. The summed E-state index contributed by atoms with van der Waals surface area (Å²) in [5, 5.41) is 2.62. The predicted molar refractivity (Wildman–Crippen MR) is 133 cm³/mol. The highest BCUT2D eigenvalue weighted by atomic mass is 32.2. The average Bonchev–Trinajstić information content (AvgIpc) is 2.70. The molecule has 1 amide bonds. The second-order valence-corrected chi connectivity index (χ2v) is 12.9. The van der Waals surface area contributed by atoms with E-state index in [0.717, 1.165) is 24.1 Å². The van der Waals surface area contributed by atoms with Crippen LogP contribution in [0.4, 0.5) is 11.4 Å². The Hall–Kier alpha value is -3.12. The zero-order chi connectivity index (χ0) is 26.8. The number of sulfonamides is 1. The molecule has 2 N–H and O–H groups in total. The first-order chi connectivity index (χ1) is 15.9. The first kappa shape index (κ1) is 28.1. The second-order valence-electron chi connectivity index (χ2n) is 9.11. The second kappa shape index (κ2) is 10.2. The molecule has 0 aromatic heterocycles. The standard InChI is InChI=1S/C23H30N2O8S2/c1-14-8-10-16(19(12-14)32-5)24-22(27)20(21(26)23(2,3)4)33-18-11-9-15(34(6,28)29)13-17(18)25-35(7,30)31/h8-13,20,25H,1-7H3,(H,24,27). The number of carbonyl (C=O) groups excluding carboxylic acids is 2. The van der Waals surface area contributed by atoms with Gasteiger partial charge in [0.2, 0.25) is 16.1 Å². The molecule has 0 saturated carbocycles. The van der Waals surface area contributed by atoms with E-state index in [4.69, 9.17) is 9.47 Å². The van der Waals surface area contributed by atoms with Gasteiger partial charge in [0.05, 0.1) is 29.6 Å². The van der Waals surface area contributed by atoms with Gasteiger partial charge in [-0.15, -0.1) is 0 Å². The van der Waals surface area contributed by atoms with Crippen LogP contribution in [0.5, 0.6) is 11.5 Å². The van der Waals surface area contributed by atoms with E-state index in [1.165, 1.54) is 19.2 Å². The summed E-state index contributed by atoms with van der Waals surface area (Å²) in [6.45, 7) is 6.66. The Morgan fingerprint density at radius 1 is 0.914 bits per heavy atom. The molecule has 0 spiro atoms. The lowest BCUT2D eigenvalue weighted by atomic mass is 9.87. The molecule has 192 valence electrons. The Balaban J connectivity index is 2.55. The monoisotopic (exact) mass is 526 g/mol. The molecule has 0 saturated heterocycles. The molecule has 10 nitrogen and oxygen atoms in total. The Morgan fingerprint density at radius 3 is 2.06 bits per heavy atom. The zero-order valence-electron chi connectivity index (χ0n) is 20.6. The fourth-order valence-electron chi connectivity index (χ4n) is 2.97. The van der Waals surface area contributed by atoms with Gasteiger partial charge in [0, 0.05) is 11.7 Å². The van der Waals surface area contributed by atoms with Crippen molar-refractivity contribution in [1.29, 1.82) is 0 Å². The highest BCUT2D eigenvalue weighted by Crippen LogP contribution is 2.32. The van der Waals surface area contributed by atoms with Crippen LogP contribution < -0.4 is 19.5 Å². The topological polar surface area (TPSA) is 145 Å². The highest BCUT2D eigenvalue weighted by Gasteiger charge is 2.37. The average molecular weight is 527 g/mol. The third-order valence-corrected chi connectivity index (χ3v) is 6.45. The summed E-state index contributed by atoms with van der Waals surface area (Å²) in [5.74, 6) is -1.23. The Kier molecular flexibility index (Phi) is 8.23. The molecule has 0 radical (unpaired) electrons. The van der Waals surface area contributed by atoms with Gasteiger partial charge < -0.3 is 14.8 Å². The number of anilines is 2. The molecule has 2 aromatic carbocycles. The number of rotatable bonds is 9. The van der Waals surface area contributed by atoms with Gasteiger partial charge in [-0.2, -0.15) is 0 Å². The van der Waals surface area contributed by atoms with E-state index in [1.807, 2.05) is 6.92 Å². The molecule has 1 atom stereocenters. The van der Waals surface area contributed by atoms with Crippen molar-refractivity contribution in [2.75, 3.05) is 29.7 Å². The van der Waals surface area contributed by atoms with Crippen molar-refractivity contribution in [2.45, 2.75) is 38.7 Å². The summed E-state index contributed by atoms with van der Waals surface area (Å²) in [6, 6.07) is 8.50. The molecule has 0 bridgehead atoms. The number of Topliss-reactive ketones (excluding diaryl/α,β-unsaturated/α-hetero) is 1. The highest BCUT2D eigenvalue weighted by molar-refractivity contribution is 7.92. The van der Waals surface area contributed by atoms with Crippen LogP contribution in [0, 0.1) is 12.3 Å². The SMILES string of the molecule is COc1cc(C)ccc1NC(=O)C(Oc1ccc(S(C)(=O)=O)cc1NS(C)(=O)=O)C(=O)C(C)(C)C. The number of amides is 1. The molecule has 2 aromatic rings. The van der Waals surface area contributed by atoms with E-state index in [0.29, 0.717) is 11.4 Å². The summed E-state index contributed by atoms with van der Waals surface area (Å²) in [4.78, 5) is 26.2. The lowest BCUT2D eigenvalue weighted by molar-refractivity contribution is -0.140. The fraction of sp³-hybridized carbons (Fsp3) is 0.391. The van der Waals surface area contributed by atoms with Crippen molar-refractivity contribution in [1.82, 2.24) is 0 Å². The first-order valence-corrected chi connectivity index (χ1v) is 14.2. The lowest BCUT2D eigenvalue weighted by Gasteiger charge is -2.26. The summed E-state index contributed by atoms with van der Waals surface area (Å²) in [6.07, 6.45) is 0.143. The Bertz CT molecular complexity index is 1340. The normalized spacial score (nSPS) is 13.0. The minimum absolute atomic E-state index is 0.177. The summed E-state index contributed by atoms with van der Waals surface area (Å²) >= 11 is 0. The van der Waals surface area contributed by atoms with Crippen molar-refractivity contribution >= 4 is 42.9 Å². The number of sulfone groups is 1. The molecule has 0 aliphatic heterocycles. The maximum absolute atomic E-state index is 13.2. The number of methoxy groups -OCH3 is 1. The quantitative estimate of drug-likeness (QED) is 0.475. The van der Waals surface area contributed by atoms with Gasteiger partial charge in [-0.1, -0.05) is 26.8 Å². The summed E-state index contributed by atoms with van der Waals surface area (Å²) in [7, 11) is -6.10. The lowest BCUT2D eigenvalue weighted by Crippen LogP contribution is -2.45. The van der Waals surface area contributed by atoms with Crippen LogP contribution >= 0.6 is 0 Å². The summed E-state index contributed by atoms with van der Waals surface area (Å²) in [5.41, 5.74) is -0.0414. The number of hydrogen-bond donors (Lipinski definition) is 2. The minimum Gasteiger partial charge on any atom is -0.495 e. The van der Waals surface area contributed by atoms with E-state index in [9.17, 15) is 26.4 Å². The molecule has 1 unspecified atom stereocenters. The number of aryl methyl sites for hydroxylation is 1. The van der Waals surface area contributed by atoms with E-state index in [-0.39, 0.29) is 16.3 Å². The van der Waals surface area contributed by atoms with Crippen molar-refractivity contribution in [3.63, 3.8) is 0 Å². The van der Waals surface area contributed by atoms with Gasteiger partial charge in [-0.25, -0.2) is 16.8 Å². The fourth-order valence-corrected chi connectivity index (χ4v) is 4.17. The summed E-state index contributed by atoms with van der Waals surface area (Å²) < 4.78 is 61.0. The number of ether oxygens (including phenoxy) is 2. The van der Waals surface area contributed by atoms with E-state index < -0.39 is 43.1 Å². The number of nitrogens with one attached hydrogen (secondary N) is 2. The smallest absolute Gasteiger partial charge is 0.273 e. The van der Waals surface area contributed by atoms with Crippen LogP contribution in [-0.4, -0.2) is 54.3 Å². The molecule has 0 fully saturated rings. The van der Waals surface area contributed by atoms with Gasteiger partial charge in [0.15, 0.2) is 15.6 Å². The number of carbonyl (C=O) groups is 2. The van der Waals surface area contributed by atoms with Gasteiger partial charge in [0.25, 0.3) is 5.91 Å². The van der Waals surface area contributed by atoms with Crippen LogP contribution in [0.1, 0.15) is 26.3 Å². The van der Waals surface area contributed by atoms with E-state index in [2.05, 4.69) is 10.0 Å². The molecule has 0 aliphatic carbocycles. The van der Waals surface area contributed by atoms with Crippen molar-refractivity contribution in [3.8, 4) is 11.5 Å². The van der Waals surface area contributed by atoms with Gasteiger partial charge in [-0.3, -0.25) is 14.3 Å². The van der Waals surface area contributed by atoms with Crippen molar-refractivity contribution in [2.24, 2.45) is 5.41 Å². The molecule has 35 heavy (non-hydrogen) atoms. The largest absolute Gasteiger partial charge is 0.495 e. The van der Waals surface area contributed by atoms with Crippen LogP contribution in [-0.2, 0) is 29.4 Å². The molecule has 0 heterocycles. The Labute approximate surface area is 206 Å². The molecule has 0 aliphatic rings. The van der Waals surface area contributed by atoms with E-state index in [1.54, 1.807) is 39.0 Å². The molecular formula is C23H30N2O8S2. The molecule has 2 rings (SSSR count). The maximum Gasteiger partial charge on any atom is 0.273 e. The minimum atomic E-state index is -3.86. The molecular weight excluding hydrogens is 496 g/mol. The third kappa shape index (κ3) is 7.69. The van der Waals surface area contributed by atoms with Gasteiger partial charge in [-0.05, 0) is 42.8 Å². The zero-order valence-corrected chi connectivity index (χ0v) is 22.3. The van der Waals surface area contributed by atoms with Gasteiger partial charge in [0.1, 0.15) is 11.5 Å². The number of hydrogen-bond acceptors (Lipinski definition) is 8. The molecule has 12 heteroatoms. The van der Waals surface area contributed by atoms with Crippen molar-refractivity contribution in [3.05, 3.63) is 42.0 Å². The third-order valence-electron chi connectivity index (χ3n) is 4.75. The number of benzene rings is 2. The van der Waals surface area contributed by atoms with Crippen LogP contribution in [0.15, 0.2) is 41.3 Å². The van der Waals surface area contributed by atoms with Crippen LogP contribution in [0.3, 0.4) is 0 Å². The van der Waals surface area contributed by atoms with Gasteiger partial charge >= 0.3 is 0 Å².